The van der Waals surface area contributed by atoms with Gasteiger partial charge in [0.25, 0.3) is 0 Å². The van der Waals surface area contributed by atoms with Crippen LogP contribution < -0.4 is 10.6 Å². The molecule has 6 nitrogen and oxygen atoms in total. The summed E-state index contributed by atoms with van der Waals surface area (Å²) in [5.41, 5.74) is 1.10. The minimum Gasteiger partial charge on any atom is -0.379 e. The first kappa shape index (κ1) is 18.2. The van der Waals surface area contributed by atoms with E-state index in [1.165, 1.54) is 4.88 Å². The Labute approximate surface area is 142 Å². The molecule has 2 heterocycles. The van der Waals surface area contributed by atoms with E-state index in [-0.39, 0.29) is 12.1 Å². The van der Waals surface area contributed by atoms with E-state index in [4.69, 9.17) is 9.47 Å². The maximum atomic E-state index is 5.85. The van der Waals surface area contributed by atoms with Gasteiger partial charge in [0, 0.05) is 24.1 Å². The molecule has 0 bridgehead atoms. The standard InChI is InChI=1S/C16H28N4O2S/c1-5-17-16(18-8-15-20-12(3)13(4)23-15)19-11(2)9-22-14-6-7-21-10-14/h11,14H,5-10H2,1-4H3,(H2,17,18,19). The summed E-state index contributed by atoms with van der Waals surface area (Å²) in [4.78, 5) is 10.4. The lowest BCUT2D eigenvalue weighted by atomic mass is 10.3. The first-order chi connectivity index (χ1) is 11.1. The predicted octanol–water partition coefficient (Wildman–Crippen LogP) is 2.01. The van der Waals surface area contributed by atoms with Crippen LogP contribution in [0.15, 0.2) is 4.99 Å². The topological polar surface area (TPSA) is 67.8 Å². The molecule has 1 aliphatic rings. The van der Waals surface area contributed by atoms with Crippen LogP contribution >= 0.6 is 11.3 Å². The Morgan fingerprint density at radius 1 is 1.52 bits per heavy atom. The van der Waals surface area contributed by atoms with E-state index in [0.29, 0.717) is 19.8 Å². The molecular formula is C16H28N4O2S. The molecule has 1 aromatic heterocycles. The largest absolute Gasteiger partial charge is 0.379 e. The maximum absolute atomic E-state index is 5.85. The molecule has 1 fully saturated rings. The highest BCUT2D eigenvalue weighted by Gasteiger charge is 2.17. The highest BCUT2D eigenvalue weighted by molar-refractivity contribution is 7.11. The van der Waals surface area contributed by atoms with Gasteiger partial charge >= 0.3 is 0 Å². The van der Waals surface area contributed by atoms with E-state index in [2.05, 4.69) is 41.4 Å². The Balaban J connectivity index is 1.82. The molecule has 2 unspecified atom stereocenters. The lowest BCUT2D eigenvalue weighted by Gasteiger charge is -2.19. The molecule has 130 valence electrons. The second-order valence-corrected chi connectivity index (χ2v) is 7.10. The summed E-state index contributed by atoms with van der Waals surface area (Å²) in [6, 6.07) is 0.188. The van der Waals surface area contributed by atoms with Crippen molar-refractivity contribution in [3.8, 4) is 0 Å². The third-order valence-corrected chi connectivity index (χ3v) is 4.70. The number of nitrogens with zero attached hydrogens (tertiary/aromatic N) is 2. The van der Waals surface area contributed by atoms with Crippen molar-refractivity contribution < 1.29 is 9.47 Å². The van der Waals surface area contributed by atoms with Crippen molar-refractivity contribution in [2.75, 3.05) is 26.4 Å². The number of aromatic nitrogens is 1. The molecular weight excluding hydrogens is 312 g/mol. The van der Waals surface area contributed by atoms with Gasteiger partial charge in [0.1, 0.15) is 5.01 Å². The fraction of sp³-hybridized carbons (Fsp3) is 0.750. The van der Waals surface area contributed by atoms with E-state index < -0.39 is 0 Å². The third-order valence-electron chi connectivity index (χ3n) is 3.64. The average molecular weight is 340 g/mol. The number of aryl methyl sites for hydroxylation is 2. The van der Waals surface area contributed by atoms with Crippen LogP contribution in [-0.4, -0.2) is 49.5 Å². The van der Waals surface area contributed by atoms with Crippen molar-refractivity contribution in [1.82, 2.24) is 15.6 Å². The van der Waals surface area contributed by atoms with Gasteiger partial charge in [-0.25, -0.2) is 9.98 Å². The lowest BCUT2D eigenvalue weighted by Crippen LogP contribution is -2.44. The number of guanidine groups is 1. The smallest absolute Gasteiger partial charge is 0.191 e. The number of hydrogen-bond acceptors (Lipinski definition) is 5. The number of nitrogens with one attached hydrogen (secondary N) is 2. The van der Waals surface area contributed by atoms with Crippen LogP contribution in [0.2, 0.25) is 0 Å². The fourth-order valence-corrected chi connectivity index (χ4v) is 3.13. The zero-order chi connectivity index (χ0) is 16.7. The zero-order valence-corrected chi connectivity index (χ0v) is 15.3. The number of ether oxygens (including phenoxy) is 2. The number of rotatable bonds is 7. The first-order valence-corrected chi connectivity index (χ1v) is 9.07. The first-order valence-electron chi connectivity index (χ1n) is 8.25. The van der Waals surface area contributed by atoms with Gasteiger partial charge in [0.2, 0.25) is 0 Å². The van der Waals surface area contributed by atoms with Crippen LogP contribution in [0.1, 0.15) is 35.8 Å². The van der Waals surface area contributed by atoms with Crippen molar-refractivity contribution in [3.63, 3.8) is 0 Å². The summed E-state index contributed by atoms with van der Waals surface area (Å²) in [5, 5.41) is 7.70. The van der Waals surface area contributed by atoms with Crippen LogP contribution in [0.25, 0.3) is 0 Å². The summed E-state index contributed by atoms with van der Waals surface area (Å²) in [5.74, 6) is 0.803. The van der Waals surface area contributed by atoms with Gasteiger partial charge in [0.15, 0.2) is 5.96 Å². The SMILES string of the molecule is CCNC(=NCc1nc(C)c(C)s1)NC(C)COC1CCOC1. The summed E-state index contributed by atoms with van der Waals surface area (Å²) in [6.45, 7) is 11.9. The zero-order valence-electron chi connectivity index (χ0n) is 14.5. The van der Waals surface area contributed by atoms with Gasteiger partial charge in [-0.1, -0.05) is 0 Å². The average Bonchev–Trinajstić information content (AvgIpc) is 3.13. The van der Waals surface area contributed by atoms with E-state index in [9.17, 15) is 0 Å². The maximum Gasteiger partial charge on any atom is 0.191 e. The van der Waals surface area contributed by atoms with E-state index in [1.54, 1.807) is 11.3 Å². The third kappa shape index (κ3) is 6.08. The van der Waals surface area contributed by atoms with Gasteiger partial charge in [-0.15, -0.1) is 11.3 Å². The van der Waals surface area contributed by atoms with Crippen LogP contribution in [-0.2, 0) is 16.0 Å². The molecule has 1 aromatic rings. The molecule has 0 amide bonds. The molecule has 2 rings (SSSR count). The number of aliphatic imine (C=N–C) groups is 1. The molecule has 23 heavy (non-hydrogen) atoms. The van der Waals surface area contributed by atoms with E-state index in [0.717, 1.165) is 36.2 Å². The summed E-state index contributed by atoms with van der Waals surface area (Å²) >= 11 is 1.71. The van der Waals surface area contributed by atoms with Gasteiger partial charge in [0.05, 0.1) is 31.6 Å². The van der Waals surface area contributed by atoms with Crippen molar-refractivity contribution in [2.24, 2.45) is 4.99 Å². The highest BCUT2D eigenvalue weighted by atomic mass is 32.1. The van der Waals surface area contributed by atoms with Gasteiger partial charge in [-0.2, -0.15) is 0 Å². The molecule has 1 saturated heterocycles. The fourth-order valence-electron chi connectivity index (χ4n) is 2.27. The molecule has 0 radical (unpaired) electrons. The quantitative estimate of drug-likeness (QED) is 0.587. The molecule has 2 atom stereocenters. The minimum atomic E-state index is 0.188. The van der Waals surface area contributed by atoms with E-state index >= 15 is 0 Å². The Kier molecular flexibility index (Phi) is 7.26. The molecule has 7 heteroatoms. The molecule has 1 aliphatic heterocycles. The van der Waals surface area contributed by atoms with Gasteiger partial charge in [-0.05, 0) is 34.1 Å². The number of thiazole rings is 1. The Hall–Kier alpha value is -1.18. The highest BCUT2D eigenvalue weighted by Crippen LogP contribution is 2.16. The van der Waals surface area contributed by atoms with Crippen molar-refractivity contribution in [1.29, 1.82) is 0 Å². The Morgan fingerprint density at radius 2 is 2.35 bits per heavy atom. The lowest BCUT2D eigenvalue weighted by molar-refractivity contribution is 0.0347. The molecule has 0 aromatic carbocycles. The normalized spacial score (nSPS) is 19.8. The molecule has 0 saturated carbocycles. The second-order valence-electron chi connectivity index (χ2n) is 5.81. The minimum absolute atomic E-state index is 0.188. The van der Waals surface area contributed by atoms with Crippen LogP contribution in [0.3, 0.4) is 0 Å². The summed E-state index contributed by atoms with van der Waals surface area (Å²) < 4.78 is 11.2. The molecule has 0 aliphatic carbocycles. The number of hydrogen-bond donors (Lipinski definition) is 2. The van der Waals surface area contributed by atoms with Crippen molar-refractivity contribution in [3.05, 3.63) is 15.6 Å². The second kappa shape index (κ2) is 9.20. The van der Waals surface area contributed by atoms with Crippen molar-refractivity contribution in [2.45, 2.75) is 52.8 Å². The monoisotopic (exact) mass is 340 g/mol. The van der Waals surface area contributed by atoms with E-state index in [1.807, 2.05) is 6.92 Å². The van der Waals surface area contributed by atoms with Gasteiger partial charge < -0.3 is 20.1 Å². The molecule has 2 N–H and O–H groups in total. The Bertz CT molecular complexity index is 493. The van der Waals surface area contributed by atoms with Gasteiger partial charge in [-0.3, -0.25) is 0 Å². The van der Waals surface area contributed by atoms with Crippen LogP contribution in [0.4, 0.5) is 0 Å². The van der Waals surface area contributed by atoms with Crippen LogP contribution in [0, 0.1) is 13.8 Å². The summed E-state index contributed by atoms with van der Waals surface area (Å²) in [6.07, 6.45) is 1.23. The summed E-state index contributed by atoms with van der Waals surface area (Å²) in [7, 11) is 0. The van der Waals surface area contributed by atoms with Crippen molar-refractivity contribution >= 4 is 17.3 Å². The predicted molar refractivity (Wildman–Crippen MR) is 94.2 cm³/mol. The Morgan fingerprint density at radius 3 is 2.96 bits per heavy atom. The van der Waals surface area contributed by atoms with Crippen LogP contribution in [0.5, 0.6) is 0 Å². The molecule has 0 spiro atoms.